The molecule has 0 fully saturated rings. The van der Waals surface area contributed by atoms with Crippen LogP contribution in [0.15, 0.2) is 72.8 Å². The molecule has 2 heterocycles. The Morgan fingerprint density at radius 3 is 2.07 bits per heavy atom. The third-order valence-electron chi connectivity index (χ3n) is 5.09. The zero-order valence-electron chi connectivity index (χ0n) is 16.2. The van der Waals surface area contributed by atoms with Crippen molar-refractivity contribution in [2.24, 2.45) is 0 Å². The quantitative estimate of drug-likeness (QED) is 0.390. The van der Waals surface area contributed by atoms with Gasteiger partial charge in [-0.2, -0.15) is 0 Å². The lowest BCUT2D eigenvalue weighted by Gasteiger charge is -2.11. The number of halogens is 1. The second-order valence-electron chi connectivity index (χ2n) is 7.38. The Bertz CT molecular complexity index is 1320. The van der Waals surface area contributed by atoms with Crippen molar-refractivity contribution < 1.29 is 4.39 Å². The summed E-state index contributed by atoms with van der Waals surface area (Å²) in [6.45, 7) is 4.34. The summed E-state index contributed by atoms with van der Waals surface area (Å²) in [5.74, 6) is 0.858. The summed E-state index contributed by atoms with van der Waals surface area (Å²) < 4.78 is 15.5. The third-order valence-corrected chi connectivity index (χ3v) is 5.09. The van der Waals surface area contributed by atoms with Crippen LogP contribution in [0.3, 0.4) is 0 Å². The highest BCUT2D eigenvalue weighted by atomic mass is 19.1. The lowest BCUT2D eigenvalue weighted by Crippen LogP contribution is -2.00. The van der Waals surface area contributed by atoms with E-state index in [-0.39, 0.29) is 5.82 Å². The van der Waals surface area contributed by atoms with Gasteiger partial charge < -0.3 is 0 Å². The standard InChI is InChI=1S/C24H19FN4/c1-15(2)16-9-13-19(14-10-16)29-23(17-7-11-18(25)12-8-17)28-22-24(29)27-21-6-4-3-5-20(21)26-22/h3-15H,1-2H3. The van der Waals surface area contributed by atoms with Gasteiger partial charge in [0.25, 0.3) is 0 Å². The summed E-state index contributed by atoms with van der Waals surface area (Å²) >= 11 is 0. The van der Waals surface area contributed by atoms with Crippen molar-refractivity contribution in [2.75, 3.05) is 0 Å². The topological polar surface area (TPSA) is 43.6 Å². The van der Waals surface area contributed by atoms with Crippen molar-refractivity contribution >= 4 is 22.3 Å². The van der Waals surface area contributed by atoms with Crippen LogP contribution in [-0.2, 0) is 0 Å². The maximum atomic E-state index is 13.5. The summed E-state index contributed by atoms with van der Waals surface area (Å²) in [6.07, 6.45) is 0. The fourth-order valence-electron chi connectivity index (χ4n) is 3.50. The van der Waals surface area contributed by atoms with Crippen LogP contribution in [0.25, 0.3) is 39.4 Å². The van der Waals surface area contributed by atoms with E-state index in [2.05, 4.69) is 38.1 Å². The van der Waals surface area contributed by atoms with Gasteiger partial charge in [-0.15, -0.1) is 0 Å². The molecule has 2 aromatic heterocycles. The van der Waals surface area contributed by atoms with Gasteiger partial charge in [0.2, 0.25) is 0 Å². The van der Waals surface area contributed by atoms with Crippen LogP contribution in [-0.4, -0.2) is 19.5 Å². The molecule has 0 radical (unpaired) electrons. The van der Waals surface area contributed by atoms with Crippen LogP contribution in [0.1, 0.15) is 25.3 Å². The Morgan fingerprint density at radius 1 is 0.759 bits per heavy atom. The number of para-hydroxylation sites is 2. The van der Waals surface area contributed by atoms with E-state index in [1.54, 1.807) is 12.1 Å². The largest absolute Gasteiger partial charge is 0.275 e. The zero-order chi connectivity index (χ0) is 20.0. The van der Waals surface area contributed by atoms with E-state index in [0.717, 1.165) is 22.3 Å². The van der Waals surface area contributed by atoms with Crippen molar-refractivity contribution in [1.82, 2.24) is 19.5 Å². The fourth-order valence-corrected chi connectivity index (χ4v) is 3.50. The fraction of sp³-hybridized carbons (Fsp3) is 0.125. The zero-order valence-corrected chi connectivity index (χ0v) is 16.2. The molecule has 5 aromatic rings. The molecule has 142 valence electrons. The lowest BCUT2D eigenvalue weighted by molar-refractivity contribution is 0.628. The number of hydrogen-bond donors (Lipinski definition) is 0. The molecule has 0 saturated heterocycles. The molecule has 3 aromatic carbocycles. The van der Waals surface area contributed by atoms with Crippen LogP contribution >= 0.6 is 0 Å². The number of aromatic nitrogens is 4. The maximum absolute atomic E-state index is 13.5. The SMILES string of the molecule is CC(C)c1ccc(-n2c(-c3ccc(F)cc3)nc3nc4ccccc4nc32)cc1. The molecule has 0 atom stereocenters. The van der Waals surface area contributed by atoms with E-state index in [1.165, 1.54) is 17.7 Å². The van der Waals surface area contributed by atoms with Crippen molar-refractivity contribution in [2.45, 2.75) is 19.8 Å². The highest BCUT2D eigenvalue weighted by molar-refractivity contribution is 5.86. The predicted octanol–water partition coefficient (Wildman–Crippen LogP) is 5.90. The molecular formula is C24H19FN4. The number of imidazole rings is 1. The molecule has 0 spiro atoms. The second kappa shape index (κ2) is 6.78. The predicted molar refractivity (Wildman–Crippen MR) is 114 cm³/mol. The minimum absolute atomic E-state index is 0.278. The van der Waals surface area contributed by atoms with E-state index < -0.39 is 0 Å². The van der Waals surface area contributed by atoms with Gasteiger partial charge in [0.1, 0.15) is 11.6 Å². The van der Waals surface area contributed by atoms with Gasteiger partial charge in [0.15, 0.2) is 11.3 Å². The van der Waals surface area contributed by atoms with Crippen LogP contribution in [0, 0.1) is 5.82 Å². The smallest absolute Gasteiger partial charge is 0.199 e. The van der Waals surface area contributed by atoms with Gasteiger partial charge in [0, 0.05) is 11.3 Å². The molecule has 4 nitrogen and oxygen atoms in total. The van der Waals surface area contributed by atoms with Crippen molar-refractivity contribution in [3.63, 3.8) is 0 Å². The Morgan fingerprint density at radius 2 is 1.41 bits per heavy atom. The first-order valence-electron chi connectivity index (χ1n) is 9.61. The van der Waals surface area contributed by atoms with Gasteiger partial charge in [-0.05, 0) is 60.0 Å². The Kier molecular flexibility index (Phi) is 4.09. The average molecular weight is 382 g/mol. The molecule has 0 saturated carbocycles. The van der Waals surface area contributed by atoms with E-state index in [0.29, 0.717) is 23.0 Å². The van der Waals surface area contributed by atoms with Crippen molar-refractivity contribution in [3.8, 4) is 17.1 Å². The van der Waals surface area contributed by atoms with Gasteiger partial charge in [-0.3, -0.25) is 4.57 Å². The Hall–Kier alpha value is -3.60. The molecule has 5 rings (SSSR count). The minimum atomic E-state index is -0.278. The number of hydrogen-bond acceptors (Lipinski definition) is 3. The molecule has 0 N–H and O–H groups in total. The molecule has 0 aliphatic heterocycles. The molecule has 0 amide bonds. The number of nitrogens with zero attached hydrogens (tertiary/aromatic N) is 4. The van der Waals surface area contributed by atoms with E-state index in [9.17, 15) is 4.39 Å². The number of benzene rings is 3. The van der Waals surface area contributed by atoms with Crippen LogP contribution < -0.4 is 0 Å². The van der Waals surface area contributed by atoms with E-state index in [1.807, 2.05) is 28.8 Å². The summed E-state index contributed by atoms with van der Waals surface area (Å²) in [6, 6.07) is 22.5. The van der Waals surface area contributed by atoms with Crippen LogP contribution in [0.2, 0.25) is 0 Å². The molecule has 0 aliphatic rings. The summed E-state index contributed by atoms with van der Waals surface area (Å²) in [7, 11) is 0. The monoisotopic (exact) mass is 382 g/mol. The maximum Gasteiger partial charge on any atom is 0.199 e. The molecule has 5 heteroatoms. The Labute approximate surface area is 167 Å². The summed E-state index contributed by atoms with van der Waals surface area (Å²) in [5.41, 5.74) is 5.87. The summed E-state index contributed by atoms with van der Waals surface area (Å²) in [5, 5.41) is 0. The Balaban J connectivity index is 1.81. The highest BCUT2D eigenvalue weighted by Gasteiger charge is 2.17. The summed E-state index contributed by atoms with van der Waals surface area (Å²) in [4.78, 5) is 14.3. The van der Waals surface area contributed by atoms with Gasteiger partial charge in [-0.25, -0.2) is 19.3 Å². The van der Waals surface area contributed by atoms with Crippen LogP contribution in [0.4, 0.5) is 4.39 Å². The van der Waals surface area contributed by atoms with Gasteiger partial charge in [-0.1, -0.05) is 38.1 Å². The number of fused-ring (bicyclic) bond motifs is 2. The van der Waals surface area contributed by atoms with Crippen molar-refractivity contribution in [1.29, 1.82) is 0 Å². The molecule has 0 bridgehead atoms. The first-order valence-corrected chi connectivity index (χ1v) is 9.61. The third kappa shape index (κ3) is 3.05. The number of rotatable bonds is 3. The molecular weight excluding hydrogens is 363 g/mol. The molecule has 0 unspecified atom stereocenters. The van der Waals surface area contributed by atoms with Crippen LogP contribution in [0.5, 0.6) is 0 Å². The van der Waals surface area contributed by atoms with Gasteiger partial charge >= 0.3 is 0 Å². The first-order chi connectivity index (χ1) is 14.1. The lowest BCUT2D eigenvalue weighted by atomic mass is 10.0. The van der Waals surface area contributed by atoms with E-state index >= 15 is 0 Å². The average Bonchev–Trinajstić information content (AvgIpc) is 3.10. The highest BCUT2D eigenvalue weighted by Crippen LogP contribution is 2.29. The molecule has 0 aliphatic carbocycles. The van der Waals surface area contributed by atoms with Crippen molar-refractivity contribution in [3.05, 3.63) is 84.2 Å². The second-order valence-corrected chi connectivity index (χ2v) is 7.38. The normalized spacial score (nSPS) is 11.6. The minimum Gasteiger partial charge on any atom is -0.275 e. The van der Waals surface area contributed by atoms with E-state index in [4.69, 9.17) is 15.0 Å². The first kappa shape index (κ1) is 17.5. The van der Waals surface area contributed by atoms with Gasteiger partial charge in [0.05, 0.1) is 11.0 Å². The molecule has 29 heavy (non-hydrogen) atoms.